The highest BCUT2D eigenvalue weighted by Crippen LogP contribution is 2.19. The van der Waals surface area contributed by atoms with Gasteiger partial charge in [-0.2, -0.15) is 0 Å². The van der Waals surface area contributed by atoms with Gasteiger partial charge in [-0.05, 0) is 31.9 Å². The number of carbonyl (C=O) groups is 1. The molecule has 1 aromatic heterocycles. The lowest BCUT2D eigenvalue weighted by atomic mass is 10.0. The Kier molecular flexibility index (Phi) is 5.68. The largest absolute Gasteiger partial charge is 0.354 e. The van der Waals surface area contributed by atoms with Crippen LogP contribution in [0.2, 0.25) is 0 Å². The quantitative estimate of drug-likeness (QED) is 0.891. The van der Waals surface area contributed by atoms with Crippen molar-refractivity contribution in [2.24, 2.45) is 0 Å². The summed E-state index contributed by atoms with van der Waals surface area (Å²) in [5, 5.41) is 2.90. The molecule has 1 unspecified atom stereocenters. The smallest absolute Gasteiger partial charge is 0.225 e. The molecule has 1 aromatic carbocycles. The van der Waals surface area contributed by atoms with Crippen LogP contribution < -0.4 is 10.2 Å². The summed E-state index contributed by atoms with van der Waals surface area (Å²) in [6, 6.07) is 10.3. The normalized spacial score (nSPS) is 11.8. The van der Waals surface area contributed by atoms with Crippen molar-refractivity contribution in [3.63, 3.8) is 0 Å². The highest BCUT2D eigenvalue weighted by atomic mass is 16.1. The van der Waals surface area contributed by atoms with Crippen molar-refractivity contribution in [2.75, 3.05) is 18.5 Å². The van der Waals surface area contributed by atoms with E-state index in [1.54, 1.807) is 13.1 Å². The van der Waals surface area contributed by atoms with Gasteiger partial charge in [-0.25, -0.2) is 9.97 Å². The fraction of sp³-hybridized carbons (Fsp3) is 0.389. The number of aromatic nitrogens is 2. The maximum atomic E-state index is 11.1. The third-order valence-corrected chi connectivity index (χ3v) is 3.70. The summed E-state index contributed by atoms with van der Waals surface area (Å²) >= 11 is 0. The van der Waals surface area contributed by atoms with Crippen LogP contribution in [0.15, 0.2) is 36.5 Å². The van der Waals surface area contributed by atoms with Crippen LogP contribution in [0.3, 0.4) is 0 Å². The zero-order valence-electron chi connectivity index (χ0n) is 14.2. The van der Waals surface area contributed by atoms with Gasteiger partial charge in [0.1, 0.15) is 0 Å². The summed E-state index contributed by atoms with van der Waals surface area (Å²) in [7, 11) is 1.98. The molecule has 1 atom stereocenters. The lowest BCUT2D eigenvalue weighted by Gasteiger charge is -2.15. The van der Waals surface area contributed by atoms with E-state index < -0.39 is 0 Å². The Labute approximate surface area is 137 Å². The maximum Gasteiger partial charge on any atom is 0.225 e. The molecule has 0 aliphatic rings. The highest BCUT2D eigenvalue weighted by molar-refractivity contribution is 5.73. The molecular weight excluding hydrogens is 288 g/mol. The van der Waals surface area contributed by atoms with Crippen LogP contribution in [0.4, 0.5) is 5.95 Å². The Hall–Kier alpha value is -2.43. The number of hydrogen-bond acceptors (Lipinski definition) is 4. The molecule has 0 aliphatic carbocycles. The maximum absolute atomic E-state index is 11.1. The first-order chi connectivity index (χ1) is 11.0. The molecule has 5 nitrogen and oxygen atoms in total. The van der Waals surface area contributed by atoms with E-state index in [1.165, 1.54) is 5.56 Å². The molecule has 122 valence electrons. The Morgan fingerprint density at radius 3 is 2.57 bits per heavy atom. The molecule has 0 bridgehead atoms. The van der Waals surface area contributed by atoms with Crippen molar-refractivity contribution in [1.29, 1.82) is 0 Å². The number of carbonyl (C=O) groups excluding carboxylic acids is 1. The van der Waals surface area contributed by atoms with Gasteiger partial charge in [0.15, 0.2) is 0 Å². The van der Waals surface area contributed by atoms with Crippen molar-refractivity contribution < 1.29 is 4.79 Å². The molecule has 5 heteroatoms. The summed E-state index contributed by atoms with van der Waals surface area (Å²) in [5.74, 6) is 0.732. The minimum absolute atomic E-state index is 0.00248. The van der Waals surface area contributed by atoms with Gasteiger partial charge in [0, 0.05) is 38.3 Å². The summed E-state index contributed by atoms with van der Waals surface area (Å²) in [6.07, 6.45) is 2.60. The number of nitrogens with zero attached hydrogens (tertiary/aromatic N) is 3. The first-order valence-electron chi connectivity index (χ1n) is 7.90. The molecule has 2 aromatic rings. The van der Waals surface area contributed by atoms with Crippen LogP contribution in [0.5, 0.6) is 0 Å². The molecule has 1 heterocycles. The molecule has 0 aliphatic heterocycles. The van der Waals surface area contributed by atoms with E-state index in [2.05, 4.69) is 46.5 Å². The number of anilines is 1. The minimum atomic E-state index is 0.00248. The van der Waals surface area contributed by atoms with Gasteiger partial charge in [0.25, 0.3) is 0 Å². The molecule has 0 radical (unpaired) electrons. The fourth-order valence-electron chi connectivity index (χ4n) is 2.40. The van der Waals surface area contributed by atoms with Gasteiger partial charge in [-0.3, -0.25) is 4.79 Å². The molecule has 0 saturated carbocycles. The predicted molar refractivity (Wildman–Crippen MR) is 93.4 cm³/mol. The first-order valence-corrected chi connectivity index (χ1v) is 7.90. The zero-order valence-corrected chi connectivity index (χ0v) is 14.2. The SMILES string of the molecule is CCN(C)c1nccc(-c2ccc(CC(C)NC(C)=O)cc2)n1. The van der Waals surface area contributed by atoms with Gasteiger partial charge >= 0.3 is 0 Å². The zero-order chi connectivity index (χ0) is 16.8. The minimum Gasteiger partial charge on any atom is -0.354 e. The lowest BCUT2D eigenvalue weighted by Crippen LogP contribution is -2.31. The van der Waals surface area contributed by atoms with E-state index in [4.69, 9.17) is 0 Å². The molecule has 0 fully saturated rings. The van der Waals surface area contributed by atoms with E-state index in [0.717, 1.165) is 30.2 Å². The first kappa shape index (κ1) is 16.9. The number of hydrogen-bond donors (Lipinski definition) is 1. The number of rotatable bonds is 6. The van der Waals surface area contributed by atoms with Crippen molar-refractivity contribution in [2.45, 2.75) is 33.2 Å². The summed E-state index contributed by atoms with van der Waals surface area (Å²) in [6.45, 7) is 6.48. The fourth-order valence-corrected chi connectivity index (χ4v) is 2.40. The Morgan fingerprint density at radius 1 is 1.26 bits per heavy atom. The van der Waals surface area contributed by atoms with Crippen LogP contribution in [0.25, 0.3) is 11.3 Å². The number of amides is 1. The van der Waals surface area contributed by atoms with Gasteiger partial charge < -0.3 is 10.2 Å². The van der Waals surface area contributed by atoms with Crippen LogP contribution in [0.1, 0.15) is 26.3 Å². The van der Waals surface area contributed by atoms with E-state index in [-0.39, 0.29) is 11.9 Å². The van der Waals surface area contributed by atoms with Crippen LogP contribution in [-0.4, -0.2) is 35.5 Å². The van der Waals surface area contributed by atoms with E-state index in [9.17, 15) is 4.79 Å². The molecular formula is C18H24N4O. The van der Waals surface area contributed by atoms with Gasteiger partial charge in [0.05, 0.1) is 5.69 Å². The number of benzene rings is 1. The van der Waals surface area contributed by atoms with Gasteiger partial charge in [0.2, 0.25) is 11.9 Å². The van der Waals surface area contributed by atoms with Crippen molar-refractivity contribution in [1.82, 2.24) is 15.3 Å². The Balaban J connectivity index is 2.12. The van der Waals surface area contributed by atoms with Crippen LogP contribution in [0, 0.1) is 0 Å². The second-order valence-electron chi connectivity index (χ2n) is 5.76. The topological polar surface area (TPSA) is 58.1 Å². The average Bonchev–Trinajstić information content (AvgIpc) is 2.54. The average molecular weight is 312 g/mol. The third-order valence-electron chi connectivity index (χ3n) is 3.70. The molecule has 0 spiro atoms. The Morgan fingerprint density at radius 2 is 1.96 bits per heavy atom. The van der Waals surface area contributed by atoms with Crippen LogP contribution >= 0.6 is 0 Å². The highest BCUT2D eigenvalue weighted by Gasteiger charge is 2.07. The third kappa shape index (κ3) is 4.77. The predicted octanol–water partition coefficient (Wildman–Crippen LogP) is 2.67. The monoisotopic (exact) mass is 312 g/mol. The van der Waals surface area contributed by atoms with Crippen molar-refractivity contribution >= 4 is 11.9 Å². The lowest BCUT2D eigenvalue weighted by molar-refractivity contribution is -0.119. The molecule has 23 heavy (non-hydrogen) atoms. The van der Waals surface area contributed by atoms with E-state index in [0.29, 0.717) is 0 Å². The second-order valence-corrected chi connectivity index (χ2v) is 5.76. The Bertz CT molecular complexity index is 654. The van der Waals surface area contributed by atoms with Gasteiger partial charge in [-0.15, -0.1) is 0 Å². The molecule has 0 saturated heterocycles. The summed E-state index contributed by atoms with van der Waals surface area (Å²) in [4.78, 5) is 22.0. The standard InChI is InChI=1S/C18H24N4O/c1-5-22(4)18-19-11-10-17(21-18)16-8-6-15(7-9-16)12-13(2)20-14(3)23/h6-11,13H,5,12H2,1-4H3,(H,20,23). The molecule has 1 N–H and O–H groups in total. The summed E-state index contributed by atoms with van der Waals surface area (Å²) in [5.41, 5.74) is 3.17. The second kappa shape index (κ2) is 7.72. The van der Waals surface area contributed by atoms with Crippen LogP contribution in [-0.2, 0) is 11.2 Å². The van der Waals surface area contributed by atoms with E-state index >= 15 is 0 Å². The molecule has 1 amide bonds. The van der Waals surface area contributed by atoms with E-state index in [1.807, 2.05) is 24.9 Å². The molecule has 2 rings (SSSR count). The number of nitrogens with one attached hydrogen (secondary N) is 1. The van der Waals surface area contributed by atoms with Crippen molar-refractivity contribution in [3.05, 3.63) is 42.1 Å². The van der Waals surface area contributed by atoms with Crippen molar-refractivity contribution in [3.8, 4) is 11.3 Å². The summed E-state index contributed by atoms with van der Waals surface area (Å²) < 4.78 is 0. The van der Waals surface area contributed by atoms with Gasteiger partial charge in [-0.1, -0.05) is 24.3 Å².